The van der Waals surface area contributed by atoms with Gasteiger partial charge in [0.15, 0.2) is 5.82 Å². The van der Waals surface area contributed by atoms with Gasteiger partial charge >= 0.3 is 0 Å². The molecular formula is C18H24N6O2. The fraction of sp³-hybridized carbons (Fsp3) is 0.667. The van der Waals surface area contributed by atoms with Crippen LogP contribution in [0.2, 0.25) is 0 Å². The van der Waals surface area contributed by atoms with Crippen molar-refractivity contribution in [3.05, 3.63) is 29.2 Å². The van der Waals surface area contributed by atoms with Gasteiger partial charge in [0.2, 0.25) is 0 Å². The predicted molar refractivity (Wildman–Crippen MR) is 93.7 cm³/mol. The topological polar surface area (TPSA) is 98.0 Å². The number of anilines is 1. The van der Waals surface area contributed by atoms with Gasteiger partial charge in [-0.15, -0.1) is 10.2 Å². The number of rotatable bonds is 4. The maximum Gasteiger partial charge on any atom is 0.159 e. The average Bonchev–Trinajstić information content (AvgIpc) is 3.38. The van der Waals surface area contributed by atoms with Crippen molar-refractivity contribution in [2.75, 3.05) is 18.5 Å². The minimum absolute atomic E-state index is 0.194. The highest BCUT2D eigenvalue weighted by Crippen LogP contribution is 2.38. The van der Waals surface area contributed by atoms with Gasteiger partial charge in [-0.05, 0) is 32.1 Å². The molecule has 1 aliphatic heterocycles. The van der Waals surface area contributed by atoms with E-state index in [9.17, 15) is 5.11 Å². The van der Waals surface area contributed by atoms with Crippen LogP contribution in [0.15, 0.2) is 6.33 Å². The minimum Gasteiger partial charge on any atom is -0.393 e. The van der Waals surface area contributed by atoms with Gasteiger partial charge in [0, 0.05) is 36.2 Å². The van der Waals surface area contributed by atoms with Crippen molar-refractivity contribution < 1.29 is 9.84 Å². The third-order valence-electron chi connectivity index (χ3n) is 5.98. The predicted octanol–water partition coefficient (Wildman–Crippen LogP) is 1.05. The zero-order valence-electron chi connectivity index (χ0n) is 14.8. The molecule has 2 N–H and O–H groups in total. The number of ether oxygens (including phenoxy) is 1. The van der Waals surface area contributed by atoms with Gasteiger partial charge in [0.25, 0.3) is 0 Å². The monoisotopic (exact) mass is 356 g/mol. The van der Waals surface area contributed by atoms with E-state index in [0.717, 1.165) is 62.7 Å². The number of aliphatic hydroxyl groups excluding tert-OH is 1. The third-order valence-corrected chi connectivity index (χ3v) is 5.98. The molecular weight excluding hydrogens is 332 g/mol. The van der Waals surface area contributed by atoms with Crippen molar-refractivity contribution >= 4 is 5.82 Å². The smallest absolute Gasteiger partial charge is 0.159 e. The van der Waals surface area contributed by atoms with Gasteiger partial charge in [-0.3, -0.25) is 0 Å². The minimum atomic E-state index is -0.324. The number of aromatic nitrogens is 5. The molecule has 2 aliphatic carbocycles. The van der Waals surface area contributed by atoms with E-state index in [2.05, 4.69) is 30.0 Å². The van der Waals surface area contributed by atoms with E-state index in [0.29, 0.717) is 13.2 Å². The molecule has 1 saturated carbocycles. The summed E-state index contributed by atoms with van der Waals surface area (Å²) in [6.45, 7) is 2.77. The number of fused-ring (bicyclic) bond motifs is 2. The van der Waals surface area contributed by atoms with E-state index in [1.807, 2.05) is 0 Å². The maximum absolute atomic E-state index is 10.6. The highest BCUT2D eigenvalue weighted by atomic mass is 16.5. The molecule has 0 amide bonds. The fourth-order valence-corrected chi connectivity index (χ4v) is 4.59. The van der Waals surface area contributed by atoms with Gasteiger partial charge in [-0.25, -0.2) is 9.97 Å². The molecule has 8 heteroatoms. The van der Waals surface area contributed by atoms with Crippen molar-refractivity contribution in [2.45, 2.75) is 57.3 Å². The lowest BCUT2D eigenvalue weighted by Crippen LogP contribution is -2.22. The highest BCUT2D eigenvalue weighted by molar-refractivity contribution is 5.48. The Morgan fingerprint density at radius 3 is 3.15 bits per heavy atom. The van der Waals surface area contributed by atoms with E-state index in [4.69, 9.17) is 4.74 Å². The Labute approximate surface area is 152 Å². The second-order valence-corrected chi connectivity index (χ2v) is 7.56. The first kappa shape index (κ1) is 16.1. The Bertz CT molecular complexity index is 807. The summed E-state index contributed by atoms with van der Waals surface area (Å²) in [4.78, 5) is 8.79. The molecule has 2 aromatic rings. The summed E-state index contributed by atoms with van der Waals surface area (Å²) in [6, 6.07) is 0. The number of hydrogen-bond acceptors (Lipinski definition) is 7. The van der Waals surface area contributed by atoms with E-state index in [1.165, 1.54) is 11.3 Å². The van der Waals surface area contributed by atoms with Crippen LogP contribution in [0.3, 0.4) is 0 Å². The molecule has 8 nitrogen and oxygen atoms in total. The normalized spacial score (nSPS) is 27.3. The molecule has 0 bridgehead atoms. The Morgan fingerprint density at radius 2 is 2.19 bits per heavy atom. The van der Waals surface area contributed by atoms with E-state index in [-0.39, 0.29) is 17.9 Å². The van der Waals surface area contributed by atoms with E-state index < -0.39 is 0 Å². The fourth-order valence-electron chi connectivity index (χ4n) is 4.59. The summed E-state index contributed by atoms with van der Waals surface area (Å²) in [5.41, 5.74) is 2.42. The Balaban J connectivity index is 1.27. The molecule has 0 spiro atoms. The number of aryl methyl sites for hydroxylation is 1. The van der Waals surface area contributed by atoms with Crippen molar-refractivity contribution in [2.24, 2.45) is 5.92 Å². The van der Waals surface area contributed by atoms with Crippen LogP contribution in [0.1, 0.15) is 48.1 Å². The van der Waals surface area contributed by atoms with E-state index >= 15 is 0 Å². The standard InChI is InChI=1S/C18H24N6O2/c25-15-7-11(18-23-22-16-9-26-5-4-24(16)18)6-12(15)8-19-17-13-2-1-3-14(13)20-10-21-17/h10-12,15,25H,1-9H2,(H,19,20,21)/t11-,12+,15+/m0/s1. The van der Waals surface area contributed by atoms with Crippen LogP contribution in [-0.4, -0.2) is 49.1 Å². The van der Waals surface area contributed by atoms with Crippen LogP contribution in [0.5, 0.6) is 0 Å². The van der Waals surface area contributed by atoms with Crippen LogP contribution in [0.25, 0.3) is 0 Å². The first-order valence-electron chi connectivity index (χ1n) is 9.54. The van der Waals surface area contributed by atoms with Crippen LogP contribution < -0.4 is 5.32 Å². The number of nitrogens with zero attached hydrogens (tertiary/aromatic N) is 5. The number of aliphatic hydroxyl groups is 1. The van der Waals surface area contributed by atoms with Gasteiger partial charge in [-0.1, -0.05) is 0 Å². The zero-order valence-corrected chi connectivity index (χ0v) is 14.8. The van der Waals surface area contributed by atoms with Crippen molar-refractivity contribution in [1.82, 2.24) is 24.7 Å². The lowest BCUT2D eigenvalue weighted by atomic mass is 10.0. The van der Waals surface area contributed by atoms with Gasteiger partial charge in [0.1, 0.15) is 24.6 Å². The molecule has 0 aromatic carbocycles. The molecule has 5 rings (SSSR count). The molecule has 1 fully saturated rings. The molecule has 3 aliphatic rings. The third kappa shape index (κ3) is 2.77. The van der Waals surface area contributed by atoms with Crippen molar-refractivity contribution in [3.63, 3.8) is 0 Å². The lowest BCUT2D eigenvalue weighted by molar-refractivity contribution is 0.0801. The quantitative estimate of drug-likeness (QED) is 0.845. The molecule has 0 radical (unpaired) electrons. The summed E-state index contributed by atoms with van der Waals surface area (Å²) in [7, 11) is 0. The molecule has 0 unspecified atom stereocenters. The zero-order chi connectivity index (χ0) is 17.5. The molecule has 0 saturated heterocycles. The van der Waals surface area contributed by atoms with Crippen LogP contribution in [-0.2, 0) is 30.7 Å². The largest absolute Gasteiger partial charge is 0.393 e. The van der Waals surface area contributed by atoms with Crippen LogP contribution in [0, 0.1) is 5.92 Å². The summed E-state index contributed by atoms with van der Waals surface area (Å²) in [6.07, 6.45) is 6.22. The molecule has 138 valence electrons. The first-order chi connectivity index (χ1) is 12.8. The summed E-state index contributed by atoms with van der Waals surface area (Å²) in [5, 5.41) is 22.7. The van der Waals surface area contributed by atoms with Crippen molar-refractivity contribution in [3.8, 4) is 0 Å². The van der Waals surface area contributed by atoms with Gasteiger partial charge in [0.05, 0.1) is 12.7 Å². The van der Waals surface area contributed by atoms with Crippen LogP contribution >= 0.6 is 0 Å². The lowest BCUT2D eigenvalue weighted by Gasteiger charge is -2.18. The average molecular weight is 356 g/mol. The van der Waals surface area contributed by atoms with E-state index in [1.54, 1.807) is 6.33 Å². The maximum atomic E-state index is 10.6. The highest BCUT2D eigenvalue weighted by Gasteiger charge is 2.37. The number of hydrogen-bond donors (Lipinski definition) is 2. The number of nitrogens with one attached hydrogen (secondary N) is 1. The van der Waals surface area contributed by atoms with Crippen LogP contribution in [0.4, 0.5) is 5.82 Å². The Kier molecular flexibility index (Phi) is 4.09. The SMILES string of the molecule is O[C@@H]1C[C@@H](c2nnc3n2CCOC3)C[C@@H]1CNc1ncnc2c1CCC2. The molecule has 26 heavy (non-hydrogen) atoms. The first-order valence-corrected chi connectivity index (χ1v) is 9.54. The summed E-state index contributed by atoms with van der Waals surface area (Å²) in [5.74, 6) is 3.30. The molecule has 3 heterocycles. The Hall–Kier alpha value is -2.06. The van der Waals surface area contributed by atoms with Gasteiger partial charge in [-0.2, -0.15) is 0 Å². The van der Waals surface area contributed by atoms with Crippen molar-refractivity contribution in [1.29, 1.82) is 0 Å². The molecule has 2 aromatic heterocycles. The van der Waals surface area contributed by atoms with Gasteiger partial charge < -0.3 is 19.7 Å². The second kappa shape index (κ2) is 6.59. The summed E-state index contributed by atoms with van der Waals surface area (Å²) < 4.78 is 7.62. The second-order valence-electron chi connectivity index (χ2n) is 7.56. The summed E-state index contributed by atoms with van der Waals surface area (Å²) >= 11 is 0. The Morgan fingerprint density at radius 1 is 1.23 bits per heavy atom. The molecule has 3 atom stereocenters.